The number of primary amides is 1. The molecule has 2 N–H and O–H groups in total. The normalized spacial score (nSPS) is 22.0. The van der Waals surface area contributed by atoms with E-state index in [-0.39, 0.29) is 12.8 Å². The highest BCUT2D eigenvalue weighted by atomic mass is 19.4. The molecule has 6 heteroatoms. The fraction of sp³-hybridized carbons (Fsp3) is 0.900. The highest BCUT2D eigenvalue weighted by molar-refractivity contribution is 5.79. The zero-order valence-corrected chi connectivity index (χ0v) is 9.26. The van der Waals surface area contributed by atoms with E-state index in [2.05, 4.69) is 0 Å². The van der Waals surface area contributed by atoms with Gasteiger partial charge in [-0.25, -0.2) is 0 Å². The Bertz CT molecular complexity index is 247. The third-order valence-corrected chi connectivity index (χ3v) is 3.15. The van der Waals surface area contributed by atoms with Crippen molar-refractivity contribution in [3.63, 3.8) is 0 Å². The van der Waals surface area contributed by atoms with E-state index in [1.807, 2.05) is 6.92 Å². The molecule has 0 aromatic rings. The van der Waals surface area contributed by atoms with E-state index in [4.69, 9.17) is 5.73 Å². The van der Waals surface area contributed by atoms with Gasteiger partial charge in [-0.3, -0.25) is 9.69 Å². The van der Waals surface area contributed by atoms with Gasteiger partial charge in [0.05, 0.1) is 12.0 Å². The molecule has 0 aromatic carbocycles. The summed E-state index contributed by atoms with van der Waals surface area (Å²) in [6.07, 6.45) is -3.44. The molecule has 1 heterocycles. The van der Waals surface area contributed by atoms with Crippen LogP contribution in [0.1, 0.15) is 26.2 Å². The molecule has 1 fully saturated rings. The number of hydrogen-bond acceptors (Lipinski definition) is 2. The molecule has 1 aliphatic heterocycles. The van der Waals surface area contributed by atoms with E-state index < -0.39 is 24.0 Å². The SMILES string of the molecule is CCC(C(N)=O)N1CCC(C(F)(F)F)CC1. The van der Waals surface area contributed by atoms with Crippen LogP contribution >= 0.6 is 0 Å². The summed E-state index contributed by atoms with van der Waals surface area (Å²) in [7, 11) is 0. The molecule has 0 aromatic heterocycles. The summed E-state index contributed by atoms with van der Waals surface area (Å²) >= 11 is 0. The van der Waals surface area contributed by atoms with Crippen molar-refractivity contribution in [3.05, 3.63) is 0 Å². The second-order valence-electron chi connectivity index (χ2n) is 4.18. The number of alkyl halides is 3. The number of carbonyl (C=O) groups is 1. The van der Waals surface area contributed by atoms with Crippen molar-refractivity contribution in [2.45, 2.75) is 38.4 Å². The Hall–Kier alpha value is -0.780. The number of hydrogen-bond donors (Lipinski definition) is 1. The third-order valence-electron chi connectivity index (χ3n) is 3.15. The third kappa shape index (κ3) is 3.10. The number of nitrogens with two attached hydrogens (primary N) is 1. The first-order valence-corrected chi connectivity index (χ1v) is 5.46. The molecule has 94 valence electrons. The molecule has 1 aliphatic rings. The maximum Gasteiger partial charge on any atom is 0.391 e. The van der Waals surface area contributed by atoms with Crippen molar-refractivity contribution in [1.82, 2.24) is 4.90 Å². The van der Waals surface area contributed by atoms with Gasteiger partial charge < -0.3 is 5.73 Å². The standard InChI is InChI=1S/C10H17F3N2O/c1-2-8(9(14)16)15-5-3-7(4-6-15)10(11,12)13/h7-8H,2-6H2,1H3,(H2,14,16). The van der Waals surface area contributed by atoms with Crippen LogP contribution in [-0.4, -0.2) is 36.1 Å². The molecule has 1 amide bonds. The average molecular weight is 238 g/mol. The van der Waals surface area contributed by atoms with Gasteiger partial charge in [0, 0.05) is 0 Å². The van der Waals surface area contributed by atoms with Gasteiger partial charge in [0.25, 0.3) is 0 Å². The van der Waals surface area contributed by atoms with Crippen LogP contribution in [-0.2, 0) is 4.79 Å². The van der Waals surface area contributed by atoms with Crippen molar-refractivity contribution >= 4 is 5.91 Å². The average Bonchev–Trinajstić information content (AvgIpc) is 2.17. The molecule has 0 radical (unpaired) electrons. The van der Waals surface area contributed by atoms with E-state index >= 15 is 0 Å². The summed E-state index contributed by atoms with van der Waals surface area (Å²) < 4.78 is 37.2. The Morgan fingerprint density at radius 2 is 1.94 bits per heavy atom. The minimum atomic E-state index is -4.11. The summed E-state index contributed by atoms with van der Waals surface area (Å²) in [6, 6.07) is -0.422. The van der Waals surface area contributed by atoms with Crippen LogP contribution in [0.4, 0.5) is 13.2 Å². The second-order valence-corrected chi connectivity index (χ2v) is 4.18. The minimum absolute atomic E-state index is 0.0628. The lowest BCUT2D eigenvalue weighted by molar-refractivity contribution is -0.186. The topological polar surface area (TPSA) is 46.3 Å². The van der Waals surface area contributed by atoms with E-state index in [1.54, 1.807) is 4.90 Å². The maximum atomic E-state index is 12.4. The summed E-state index contributed by atoms with van der Waals surface area (Å²) in [4.78, 5) is 12.8. The Morgan fingerprint density at radius 3 is 2.25 bits per heavy atom. The van der Waals surface area contributed by atoms with Crippen LogP contribution in [0.5, 0.6) is 0 Å². The number of piperidine rings is 1. The second kappa shape index (κ2) is 5.03. The monoisotopic (exact) mass is 238 g/mol. The predicted molar refractivity (Wildman–Crippen MR) is 53.6 cm³/mol. The zero-order valence-electron chi connectivity index (χ0n) is 9.26. The summed E-state index contributed by atoms with van der Waals surface area (Å²) in [5.74, 6) is -1.68. The van der Waals surface area contributed by atoms with Gasteiger partial charge >= 0.3 is 6.18 Å². The molecular weight excluding hydrogens is 221 g/mol. The number of amides is 1. The molecule has 1 saturated heterocycles. The van der Waals surface area contributed by atoms with E-state index in [1.165, 1.54) is 0 Å². The van der Waals surface area contributed by atoms with Crippen LogP contribution < -0.4 is 5.73 Å². The lowest BCUT2D eigenvalue weighted by Crippen LogP contribution is -2.49. The number of likely N-dealkylation sites (tertiary alicyclic amines) is 1. The van der Waals surface area contributed by atoms with Crippen molar-refractivity contribution < 1.29 is 18.0 Å². The largest absolute Gasteiger partial charge is 0.391 e. The lowest BCUT2D eigenvalue weighted by Gasteiger charge is -2.36. The van der Waals surface area contributed by atoms with E-state index in [0.29, 0.717) is 19.5 Å². The number of nitrogens with zero attached hydrogens (tertiary/aromatic N) is 1. The first kappa shape index (κ1) is 13.3. The van der Waals surface area contributed by atoms with Gasteiger partial charge in [-0.1, -0.05) is 6.92 Å². The first-order valence-electron chi connectivity index (χ1n) is 5.46. The molecule has 1 unspecified atom stereocenters. The Morgan fingerprint density at radius 1 is 1.44 bits per heavy atom. The van der Waals surface area contributed by atoms with Crippen LogP contribution in [0.3, 0.4) is 0 Å². The van der Waals surface area contributed by atoms with E-state index in [9.17, 15) is 18.0 Å². The molecule has 0 bridgehead atoms. The van der Waals surface area contributed by atoms with Crippen LogP contribution in [0.25, 0.3) is 0 Å². The number of rotatable bonds is 3. The molecule has 3 nitrogen and oxygen atoms in total. The Kier molecular flexibility index (Phi) is 4.18. The fourth-order valence-corrected chi connectivity index (χ4v) is 2.18. The van der Waals surface area contributed by atoms with Crippen molar-refractivity contribution in [1.29, 1.82) is 0 Å². The first-order chi connectivity index (χ1) is 7.36. The van der Waals surface area contributed by atoms with Gasteiger partial charge in [0.2, 0.25) is 5.91 Å². The van der Waals surface area contributed by atoms with Gasteiger partial charge in [0.1, 0.15) is 0 Å². The smallest absolute Gasteiger partial charge is 0.368 e. The molecule has 1 rings (SSSR count). The quantitative estimate of drug-likeness (QED) is 0.810. The van der Waals surface area contributed by atoms with Crippen molar-refractivity contribution in [2.75, 3.05) is 13.1 Å². The molecule has 16 heavy (non-hydrogen) atoms. The van der Waals surface area contributed by atoms with Crippen molar-refractivity contribution in [3.8, 4) is 0 Å². The molecular formula is C10H17F3N2O. The van der Waals surface area contributed by atoms with Gasteiger partial charge in [-0.15, -0.1) is 0 Å². The van der Waals surface area contributed by atoms with Crippen LogP contribution in [0.2, 0.25) is 0 Å². The minimum Gasteiger partial charge on any atom is -0.368 e. The molecule has 0 spiro atoms. The highest BCUT2D eigenvalue weighted by Gasteiger charge is 2.42. The molecule has 0 aliphatic carbocycles. The number of carbonyl (C=O) groups excluding carboxylic acids is 1. The van der Waals surface area contributed by atoms with Crippen LogP contribution in [0, 0.1) is 5.92 Å². The van der Waals surface area contributed by atoms with Gasteiger partial charge in [-0.2, -0.15) is 13.2 Å². The van der Waals surface area contributed by atoms with Crippen LogP contribution in [0.15, 0.2) is 0 Å². The summed E-state index contributed by atoms with van der Waals surface area (Å²) in [6.45, 7) is 2.41. The summed E-state index contributed by atoms with van der Waals surface area (Å²) in [5, 5.41) is 0. The zero-order chi connectivity index (χ0) is 12.3. The number of halogens is 3. The van der Waals surface area contributed by atoms with Gasteiger partial charge in [0.15, 0.2) is 0 Å². The summed E-state index contributed by atoms with van der Waals surface area (Å²) in [5.41, 5.74) is 5.20. The highest BCUT2D eigenvalue weighted by Crippen LogP contribution is 2.34. The molecule has 0 saturated carbocycles. The van der Waals surface area contributed by atoms with Crippen molar-refractivity contribution in [2.24, 2.45) is 11.7 Å². The lowest BCUT2D eigenvalue weighted by atomic mass is 9.95. The van der Waals surface area contributed by atoms with E-state index in [0.717, 1.165) is 0 Å². The predicted octanol–water partition coefficient (Wildman–Crippen LogP) is 1.52. The van der Waals surface area contributed by atoms with Gasteiger partial charge in [-0.05, 0) is 32.4 Å². The maximum absolute atomic E-state index is 12.4. The fourth-order valence-electron chi connectivity index (χ4n) is 2.18. The Balaban J connectivity index is 2.51. The molecule has 1 atom stereocenters. The Labute approximate surface area is 92.8 Å².